The standard InChI is InChI=1S/C11H15NO/c13-11-7-5-10(6-8-11)12-9-3-1-2-4-9/h5-9,12-13H,1-4H2. The topological polar surface area (TPSA) is 32.3 Å². The summed E-state index contributed by atoms with van der Waals surface area (Å²) in [5, 5.41) is 12.5. The lowest BCUT2D eigenvalue weighted by Crippen LogP contribution is -2.13. The van der Waals surface area contributed by atoms with E-state index in [-0.39, 0.29) is 0 Å². The second kappa shape index (κ2) is 3.69. The lowest BCUT2D eigenvalue weighted by molar-refractivity contribution is 0.475. The molecule has 1 fully saturated rings. The van der Waals surface area contributed by atoms with Gasteiger partial charge in [0.1, 0.15) is 5.75 Å². The van der Waals surface area contributed by atoms with Crippen LogP contribution < -0.4 is 5.32 Å². The van der Waals surface area contributed by atoms with Crippen molar-refractivity contribution in [3.8, 4) is 5.75 Å². The van der Waals surface area contributed by atoms with Crippen molar-refractivity contribution < 1.29 is 5.11 Å². The summed E-state index contributed by atoms with van der Waals surface area (Å²) in [6.45, 7) is 0. The smallest absolute Gasteiger partial charge is 0.115 e. The molecule has 0 aromatic heterocycles. The van der Waals surface area contributed by atoms with Gasteiger partial charge in [0, 0.05) is 11.7 Å². The van der Waals surface area contributed by atoms with Crippen LogP contribution in [0.1, 0.15) is 25.7 Å². The first-order valence-electron chi connectivity index (χ1n) is 4.90. The third-order valence-electron chi connectivity index (χ3n) is 2.59. The van der Waals surface area contributed by atoms with Gasteiger partial charge in [-0.2, -0.15) is 0 Å². The number of nitrogens with one attached hydrogen (secondary N) is 1. The maximum absolute atomic E-state index is 9.09. The quantitative estimate of drug-likeness (QED) is 0.681. The molecule has 0 radical (unpaired) electrons. The average molecular weight is 177 g/mol. The van der Waals surface area contributed by atoms with Gasteiger partial charge in [-0.05, 0) is 37.1 Å². The molecule has 2 N–H and O–H groups in total. The first-order chi connectivity index (χ1) is 6.34. The number of phenolic OH excluding ortho intramolecular Hbond substituents is 1. The third kappa shape index (κ3) is 2.14. The fourth-order valence-electron chi connectivity index (χ4n) is 1.86. The van der Waals surface area contributed by atoms with Crippen molar-refractivity contribution in [3.63, 3.8) is 0 Å². The van der Waals surface area contributed by atoms with Crippen molar-refractivity contribution in [2.45, 2.75) is 31.7 Å². The highest BCUT2D eigenvalue weighted by atomic mass is 16.3. The van der Waals surface area contributed by atoms with Gasteiger partial charge in [-0.15, -0.1) is 0 Å². The number of hydrogen-bond acceptors (Lipinski definition) is 2. The number of anilines is 1. The Hall–Kier alpha value is -1.18. The molecule has 1 aromatic rings. The highest BCUT2D eigenvalue weighted by Gasteiger charge is 2.13. The van der Waals surface area contributed by atoms with Crippen molar-refractivity contribution in [1.29, 1.82) is 0 Å². The second-order valence-corrected chi connectivity index (χ2v) is 3.67. The van der Waals surface area contributed by atoms with Gasteiger partial charge in [0.05, 0.1) is 0 Å². The van der Waals surface area contributed by atoms with Gasteiger partial charge < -0.3 is 10.4 Å². The number of phenols is 1. The summed E-state index contributed by atoms with van der Waals surface area (Å²) in [5.74, 6) is 0.331. The van der Waals surface area contributed by atoms with Gasteiger partial charge in [-0.3, -0.25) is 0 Å². The molecular weight excluding hydrogens is 162 g/mol. The summed E-state index contributed by atoms with van der Waals surface area (Å²) < 4.78 is 0. The maximum Gasteiger partial charge on any atom is 0.115 e. The van der Waals surface area contributed by atoms with Crippen molar-refractivity contribution in [1.82, 2.24) is 0 Å². The van der Waals surface area contributed by atoms with Gasteiger partial charge in [-0.25, -0.2) is 0 Å². The Morgan fingerprint density at radius 2 is 1.69 bits per heavy atom. The Bertz CT molecular complexity index is 262. The fourth-order valence-corrected chi connectivity index (χ4v) is 1.86. The highest BCUT2D eigenvalue weighted by molar-refractivity contribution is 5.46. The van der Waals surface area contributed by atoms with Crippen LogP contribution >= 0.6 is 0 Å². The molecule has 1 aliphatic rings. The molecule has 2 heteroatoms. The predicted molar refractivity (Wildman–Crippen MR) is 54.0 cm³/mol. The van der Waals surface area contributed by atoms with Crippen LogP contribution in [0.15, 0.2) is 24.3 Å². The molecule has 2 nitrogen and oxygen atoms in total. The first-order valence-corrected chi connectivity index (χ1v) is 4.90. The molecular formula is C11H15NO. The molecule has 0 aliphatic heterocycles. The predicted octanol–water partition coefficient (Wildman–Crippen LogP) is 2.75. The van der Waals surface area contributed by atoms with Crippen molar-refractivity contribution in [2.75, 3.05) is 5.32 Å². The van der Waals surface area contributed by atoms with Gasteiger partial charge in [0.2, 0.25) is 0 Å². The van der Waals surface area contributed by atoms with E-state index >= 15 is 0 Å². The van der Waals surface area contributed by atoms with E-state index in [0.29, 0.717) is 11.8 Å². The fraction of sp³-hybridized carbons (Fsp3) is 0.455. The van der Waals surface area contributed by atoms with E-state index in [4.69, 9.17) is 5.11 Å². The first kappa shape index (κ1) is 8.42. The molecule has 0 saturated heterocycles. The largest absolute Gasteiger partial charge is 0.508 e. The minimum atomic E-state index is 0.331. The third-order valence-corrected chi connectivity index (χ3v) is 2.59. The Morgan fingerprint density at radius 3 is 2.31 bits per heavy atom. The van der Waals surface area contributed by atoms with E-state index in [0.717, 1.165) is 5.69 Å². The molecule has 2 rings (SSSR count). The van der Waals surface area contributed by atoms with Crippen molar-refractivity contribution in [3.05, 3.63) is 24.3 Å². The Morgan fingerprint density at radius 1 is 1.08 bits per heavy atom. The monoisotopic (exact) mass is 177 g/mol. The van der Waals surface area contributed by atoms with Crippen LogP contribution in [0.3, 0.4) is 0 Å². The number of aromatic hydroxyl groups is 1. The normalized spacial score (nSPS) is 17.5. The average Bonchev–Trinajstić information content (AvgIpc) is 2.62. The zero-order chi connectivity index (χ0) is 9.10. The number of benzene rings is 1. The lowest BCUT2D eigenvalue weighted by Gasteiger charge is -2.12. The molecule has 0 atom stereocenters. The van der Waals surface area contributed by atoms with Crippen molar-refractivity contribution in [2.24, 2.45) is 0 Å². The summed E-state index contributed by atoms with van der Waals surface area (Å²) >= 11 is 0. The molecule has 0 heterocycles. The van der Waals surface area contributed by atoms with Gasteiger partial charge >= 0.3 is 0 Å². The second-order valence-electron chi connectivity index (χ2n) is 3.67. The Kier molecular flexibility index (Phi) is 2.39. The summed E-state index contributed by atoms with van der Waals surface area (Å²) in [4.78, 5) is 0. The van der Waals surface area contributed by atoms with E-state index < -0.39 is 0 Å². The van der Waals surface area contributed by atoms with Crippen LogP contribution in [0, 0.1) is 0 Å². The van der Waals surface area contributed by atoms with Crippen LogP contribution in [-0.2, 0) is 0 Å². The van der Waals surface area contributed by atoms with Crippen LogP contribution in [0.5, 0.6) is 5.75 Å². The molecule has 0 spiro atoms. The van der Waals surface area contributed by atoms with Gasteiger partial charge in [0.15, 0.2) is 0 Å². The summed E-state index contributed by atoms with van der Waals surface area (Å²) in [7, 11) is 0. The molecule has 70 valence electrons. The zero-order valence-corrected chi connectivity index (χ0v) is 7.66. The number of hydrogen-bond donors (Lipinski definition) is 2. The maximum atomic E-state index is 9.09. The van der Waals surface area contributed by atoms with Crippen molar-refractivity contribution >= 4 is 5.69 Å². The lowest BCUT2D eigenvalue weighted by atomic mass is 10.2. The highest BCUT2D eigenvalue weighted by Crippen LogP contribution is 2.23. The van der Waals surface area contributed by atoms with Gasteiger partial charge in [0.25, 0.3) is 0 Å². The number of rotatable bonds is 2. The Balaban J connectivity index is 1.97. The molecule has 0 bridgehead atoms. The van der Waals surface area contributed by atoms with E-state index in [9.17, 15) is 0 Å². The van der Waals surface area contributed by atoms with Crippen LogP contribution in [-0.4, -0.2) is 11.1 Å². The van der Waals surface area contributed by atoms with Crippen LogP contribution in [0.4, 0.5) is 5.69 Å². The van der Waals surface area contributed by atoms with Gasteiger partial charge in [-0.1, -0.05) is 12.8 Å². The summed E-state index contributed by atoms with van der Waals surface area (Å²) in [5.41, 5.74) is 1.12. The molecule has 13 heavy (non-hydrogen) atoms. The molecule has 1 aromatic carbocycles. The van der Waals surface area contributed by atoms with Crippen LogP contribution in [0.2, 0.25) is 0 Å². The van der Waals surface area contributed by atoms with E-state index in [1.807, 2.05) is 12.1 Å². The minimum Gasteiger partial charge on any atom is -0.508 e. The SMILES string of the molecule is Oc1ccc(NC2CCCC2)cc1. The zero-order valence-electron chi connectivity index (χ0n) is 7.66. The Labute approximate surface area is 78.6 Å². The van der Waals surface area contributed by atoms with E-state index in [1.165, 1.54) is 25.7 Å². The molecule has 1 aliphatic carbocycles. The molecule has 0 unspecified atom stereocenters. The van der Waals surface area contributed by atoms with E-state index in [2.05, 4.69) is 5.32 Å². The van der Waals surface area contributed by atoms with E-state index in [1.54, 1.807) is 12.1 Å². The van der Waals surface area contributed by atoms with Crippen LogP contribution in [0.25, 0.3) is 0 Å². The minimum absolute atomic E-state index is 0.331. The summed E-state index contributed by atoms with van der Waals surface area (Å²) in [6.07, 6.45) is 5.24. The molecule has 1 saturated carbocycles. The summed E-state index contributed by atoms with van der Waals surface area (Å²) in [6, 6.07) is 7.93. The molecule has 0 amide bonds.